The number of carbonyl (C=O) groups excluding carboxylic acids is 3. The Hall–Kier alpha value is -2.37. The van der Waals surface area contributed by atoms with E-state index < -0.39 is 34.3 Å². The fraction of sp³-hybridized carbons (Fsp3) is 0.526. The lowest BCUT2D eigenvalue weighted by molar-refractivity contribution is -0.169. The molecule has 6 heteroatoms. The highest BCUT2D eigenvalue weighted by Crippen LogP contribution is 2.65. The summed E-state index contributed by atoms with van der Waals surface area (Å²) in [4.78, 5) is 37.7. The molecule has 1 N–H and O–H groups in total. The number of esters is 2. The van der Waals surface area contributed by atoms with Gasteiger partial charge in [-0.1, -0.05) is 44.2 Å². The zero-order valence-electron chi connectivity index (χ0n) is 14.9. The lowest BCUT2D eigenvalue weighted by atomic mass is 9.66. The minimum absolute atomic E-state index is 0.353. The van der Waals surface area contributed by atoms with E-state index in [-0.39, 0.29) is 5.97 Å². The SMILES string of the molecule is COC(=O)[C@H](NC(=O)[C@@]12CC[C@@](C)(C(=O)O1)C2(C)C)c1ccccc1. The molecule has 0 unspecified atom stereocenters. The van der Waals surface area contributed by atoms with Gasteiger partial charge in [-0.05, 0) is 25.3 Å². The highest BCUT2D eigenvalue weighted by Gasteiger charge is 2.75. The Morgan fingerprint density at radius 2 is 1.80 bits per heavy atom. The summed E-state index contributed by atoms with van der Waals surface area (Å²) in [6, 6.07) is 7.91. The van der Waals surface area contributed by atoms with Crippen molar-refractivity contribution >= 4 is 17.8 Å². The maximum absolute atomic E-state index is 13.1. The number of ether oxygens (including phenoxy) is 2. The van der Waals surface area contributed by atoms with Crippen LogP contribution < -0.4 is 5.32 Å². The third-order valence-electron chi connectivity index (χ3n) is 6.30. The van der Waals surface area contributed by atoms with Crippen molar-refractivity contribution in [3.63, 3.8) is 0 Å². The summed E-state index contributed by atoms with van der Waals surface area (Å²) in [7, 11) is 1.27. The molecule has 1 heterocycles. The molecule has 1 aliphatic carbocycles. The van der Waals surface area contributed by atoms with Gasteiger partial charge in [-0.2, -0.15) is 0 Å². The van der Waals surface area contributed by atoms with E-state index in [9.17, 15) is 14.4 Å². The third-order valence-corrected chi connectivity index (χ3v) is 6.30. The van der Waals surface area contributed by atoms with Crippen LogP contribution in [0.2, 0.25) is 0 Å². The molecule has 2 aliphatic rings. The number of amides is 1. The van der Waals surface area contributed by atoms with Gasteiger partial charge in [0.05, 0.1) is 12.5 Å². The van der Waals surface area contributed by atoms with E-state index in [1.807, 2.05) is 26.8 Å². The monoisotopic (exact) mass is 345 g/mol. The second-order valence-corrected chi connectivity index (χ2v) is 7.51. The second-order valence-electron chi connectivity index (χ2n) is 7.51. The molecule has 0 aromatic heterocycles. The molecular formula is C19H23NO5. The quantitative estimate of drug-likeness (QED) is 0.846. The molecule has 3 rings (SSSR count). The van der Waals surface area contributed by atoms with E-state index in [0.29, 0.717) is 18.4 Å². The fourth-order valence-electron chi connectivity index (χ4n) is 4.04. The molecule has 0 radical (unpaired) electrons. The van der Waals surface area contributed by atoms with Crippen LogP contribution in [0.3, 0.4) is 0 Å². The molecule has 1 aliphatic heterocycles. The summed E-state index contributed by atoms with van der Waals surface area (Å²) < 4.78 is 10.4. The number of benzene rings is 1. The van der Waals surface area contributed by atoms with E-state index in [0.717, 1.165) is 0 Å². The molecule has 3 atom stereocenters. The van der Waals surface area contributed by atoms with E-state index in [1.165, 1.54) is 7.11 Å². The average molecular weight is 345 g/mol. The van der Waals surface area contributed by atoms with Crippen LogP contribution in [0.25, 0.3) is 0 Å². The van der Waals surface area contributed by atoms with Gasteiger partial charge in [0.2, 0.25) is 0 Å². The van der Waals surface area contributed by atoms with Crippen LogP contribution >= 0.6 is 0 Å². The van der Waals surface area contributed by atoms with Crippen LogP contribution in [-0.4, -0.2) is 30.6 Å². The number of hydrogen-bond donors (Lipinski definition) is 1. The summed E-state index contributed by atoms with van der Waals surface area (Å²) in [5, 5.41) is 2.75. The number of hydrogen-bond acceptors (Lipinski definition) is 5. The van der Waals surface area contributed by atoms with Crippen molar-refractivity contribution in [1.82, 2.24) is 5.32 Å². The van der Waals surface area contributed by atoms with E-state index in [4.69, 9.17) is 9.47 Å². The first-order chi connectivity index (χ1) is 11.7. The Kier molecular flexibility index (Phi) is 3.89. The predicted octanol–water partition coefficient (Wildman–Crippen LogP) is 2.14. The highest BCUT2D eigenvalue weighted by atomic mass is 16.6. The van der Waals surface area contributed by atoms with Gasteiger partial charge in [-0.3, -0.25) is 9.59 Å². The maximum atomic E-state index is 13.1. The normalized spacial score (nSPS) is 30.5. The van der Waals surface area contributed by atoms with Crippen LogP contribution in [-0.2, 0) is 23.9 Å². The van der Waals surface area contributed by atoms with Crippen molar-refractivity contribution in [1.29, 1.82) is 0 Å². The van der Waals surface area contributed by atoms with Crippen molar-refractivity contribution in [2.45, 2.75) is 45.3 Å². The minimum Gasteiger partial charge on any atom is -0.467 e. The maximum Gasteiger partial charge on any atom is 0.333 e. The van der Waals surface area contributed by atoms with Crippen molar-refractivity contribution in [2.24, 2.45) is 10.8 Å². The first-order valence-corrected chi connectivity index (χ1v) is 8.37. The number of fused-ring (bicyclic) bond motifs is 2. The van der Waals surface area contributed by atoms with Gasteiger partial charge in [0, 0.05) is 5.41 Å². The van der Waals surface area contributed by atoms with Crippen molar-refractivity contribution in [3.8, 4) is 0 Å². The van der Waals surface area contributed by atoms with Gasteiger partial charge in [-0.15, -0.1) is 0 Å². The number of rotatable bonds is 4. The minimum atomic E-state index is -1.26. The molecule has 134 valence electrons. The molecule has 25 heavy (non-hydrogen) atoms. The van der Waals surface area contributed by atoms with Crippen LogP contribution in [0.5, 0.6) is 0 Å². The first-order valence-electron chi connectivity index (χ1n) is 8.37. The van der Waals surface area contributed by atoms with Gasteiger partial charge in [0.15, 0.2) is 11.6 Å². The van der Waals surface area contributed by atoms with Gasteiger partial charge in [0.1, 0.15) is 0 Å². The van der Waals surface area contributed by atoms with Crippen LogP contribution in [0.1, 0.15) is 45.2 Å². The van der Waals surface area contributed by atoms with Gasteiger partial charge in [-0.25, -0.2) is 4.79 Å². The summed E-state index contributed by atoms with van der Waals surface area (Å²) in [5.74, 6) is -1.38. The largest absolute Gasteiger partial charge is 0.467 e. The highest BCUT2D eigenvalue weighted by molar-refractivity contribution is 5.98. The third kappa shape index (κ3) is 2.19. The number of methoxy groups -OCH3 is 1. The topological polar surface area (TPSA) is 81.7 Å². The lowest BCUT2D eigenvalue weighted by Gasteiger charge is -2.36. The number of nitrogens with one attached hydrogen (secondary N) is 1. The van der Waals surface area contributed by atoms with E-state index in [2.05, 4.69) is 5.32 Å². The number of carbonyl (C=O) groups is 3. The molecular weight excluding hydrogens is 322 g/mol. The molecule has 1 saturated heterocycles. The standard InChI is InChI=1S/C19H23NO5/c1-17(2)18(3)10-11-19(17,25-16(18)23)15(22)20-13(14(21)24-4)12-8-6-5-7-9-12/h5-9,13H,10-11H2,1-4H3,(H,20,22)/t13-,18+,19-/m1/s1. The van der Waals surface area contributed by atoms with Crippen molar-refractivity contribution < 1.29 is 23.9 Å². The zero-order chi connectivity index (χ0) is 18.5. The molecule has 6 nitrogen and oxygen atoms in total. The Bertz CT molecular complexity index is 729. The van der Waals surface area contributed by atoms with Gasteiger partial charge >= 0.3 is 11.9 Å². The van der Waals surface area contributed by atoms with E-state index in [1.54, 1.807) is 24.3 Å². The Morgan fingerprint density at radius 1 is 1.16 bits per heavy atom. The Morgan fingerprint density at radius 3 is 2.28 bits per heavy atom. The van der Waals surface area contributed by atoms with E-state index >= 15 is 0 Å². The summed E-state index contributed by atoms with van der Waals surface area (Å²) >= 11 is 0. The van der Waals surface area contributed by atoms with Crippen molar-refractivity contribution in [3.05, 3.63) is 35.9 Å². The molecule has 1 saturated carbocycles. The summed E-state index contributed by atoms with van der Waals surface area (Å²) in [5.41, 5.74) is -2.02. The summed E-state index contributed by atoms with van der Waals surface area (Å²) in [6.07, 6.45) is 1.03. The molecule has 0 spiro atoms. The lowest BCUT2D eigenvalue weighted by Crippen LogP contribution is -2.55. The molecule has 2 fully saturated rings. The van der Waals surface area contributed by atoms with Gasteiger partial charge < -0.3 is 14.8 Å². The summed E-state index contributed by atoms with van der Waals surface area (Å²) in [6.45, 7) is 5.59. The molecule has 1 aromatic rings. The Balaban J connectivity index is 1.93. The smallest absolute Gasteiger partial charge is 0.333 e. The van der Waals surface area contributed by atoms with Crippen LogP contribution in [0, 0.1) is 10.8 Å². The second kappa shape index (κ2) is 5.58. The molecule has 1 amide bonds. The first kappa shape index (κ1) is 17.5. The van der Waals surface area contributed by atoms with Crippen LogP contribution in [0.4, 0.5) is 0 Å². The average Bonchev–Trinajstić information content (AvgIpc) is 2.90. The predicted molar refractivity (Wildman–Crippen MR) is 89.3 cm³/mol. The fourth-order valence-corrected chi connectivity index (χ4v) is 4.04. The zero-order valence-corrected chi connectivity index (χ0v) is 14.9. The Labute approximate surface area is 146 Å². The molecule has 2 bridgehead atoms. The van der Waals surface area contributed by atoms with Crippen LogP contribution in [0.15, 0.2) is 30.3 Å². The molecule has 1 aromatic carbocycles. The van der Waals surface area contributed by atoms with Crippen molar-refractivity contribution in [2.75, 3.05) is 7.11 Å². The van der Waals surface area contributed by atoms with Gasteiger partial charge in [0.25, 0.3) is 5.91 Å².